The molecule has 0 saturated heterocycles. The van der Waals surface area contributed by atoms with Crippen LogP contribution in [0.25, 0.3) is 10.5 Å². The number of methoxy groups -OCH3 is 2. The number of ether oxygens (including phenoxy) is 3. The summed E-state index contributed by atoms with van der Waals surface area (Å²) in [5, 5.41) is 4.96. The minimum absolute atomic E-state index is 0.237. The third-order valence-electron chi connectivity index (χ3n) is 3.60. The summed E-state index contributed by atoms with van der Waals surface area (Å²) in [7, 11) is 2.79. The molecule has 0 aliphatic heterocycles. The Morgan fingerprint density at radius 3 is 2.77 bits per heavy atom. The quantitative estimate of drug-likeness (QED) is 0.362. The van der Waals surface area contributed by atoms with Crippen molar-refractivity contribution in [2.24, 2.45) is 0 Å². The third-order valence-corrected chi connectivity index (χ3v) is 5.13. The van der Waals surface area contributed by atoms with Crippen molar-refractivity contribution in [3.63, 3.8) is 0 Å². The number of thiazole rings is 1. The minimum atomic E-state index is -0.491. The fourth-order valence-corrected chi connectivity index (χ4v) is 3.55. The Hall–Kier alpha value is -2.58. The predicted molar refractivity (Wildman–Crippen MR) is 98.4 cm³/mol. The average Bonchev–Trinajstić information content (AvgIpc) is 3.17. The van der Waals surface area contributed by atoms with Crippen molar-refractivity contribution in [1.29, 1.82) is 0 Å². The summed E-state index contributed by atoms with van der Waals surface area (Å²) in [5.41, 5.74) is 1.89. The smallest absolute Gasteiger partial charge is 0.342 e. The molecule has 0 amide bonds. The van der Waals surface area contributed by atoms with Gasteiger partial charge in [0, 0.05) is 10.6 Å². The van der Waals surface area contributed by atoms with Gasteiger partial charge in [-0.3, -0.25) is 0 Å². The molecule has 0 fully saturated rings. The van der Waals surface area contributed by atoms with E-state index in [2.05, 4.69) is 10.1 Å². The van der Waals surface area contributed by atoms with Crippen LogP contribution >= 0.6 is 22.9 Å². The zero-order chi connectivity index (χ0) is 18.7. The number of fused-ring (bicyclic) bond motifs is 1. The maximum absolute atomic E-state index is 12.0. The molecule has 136 valence electrons. The maximum atomic E-state index is 12.0. The van der Waals surface area contributed by atoms with Gasteiger partial charge in [-0.1, -0.05) is 41.1 Å². The molecule has 0 spiro atoms. The van der Waals surface area contributed by atoms with E-state index in [1.807, 2.05) is 25.1 Å². The van der Waals surface area contributed by atoms with E-state index < -0.39 is 5.97 Å². The maximum Gasteiger partial charge on any atom is 0.342 e. The number of carbonyl (C=O) groups is 1. The summed E-state index contributed by atoms with van der Waals surface area (Å²) < 4.78 is 17.0. The molecule has 1 aromatic carbocycles. The molecule has 0 aliphatic carbocycles. The molecule has 0 atom stereocenters. The summed E-state index contributed by atoms with van der Waals surface area (Å²) in [6.45, 7) is 2.10. The van der Waals surface area contributed by atoms with Crippen LogP contribution in [0, 0.1) is 6.92 Å². The van der Waals surface area contributed by atoms with E-state index >= 15 is 0 Å². The number of carbonyl (C=O) groups excluding carboxylic acids is 1. The van der Waals surface area contributed by atoms with Crippen molar-refractivity contribution in [2.45, 2.75) is 13.5 Å². The van der Waals surface area contributed by atoms with E-state index in [9.17, 15) is 4.79 Å². The zero-order valence-corrected chi connectivity index (χ0v) is 15.9. The highest BCUT2D eigenvalue weighted by Crippen LogP contribution is 2.30. The van der Waals surface area contributed by atoms with E-state index in [0.717, 1.165) is 11.3 Å². The lowest BCUT2D eigenvalue weighted by Gasteiger charge is -2.04. The van der Waals surface area contributed by atoms with Crippen LogP contribution in [0.2, 0.25) is 5.02 Å². The minimum Gasteiger partial charge on any atom is -0.503 e. The normalized spacial score (nSPS) is 11.6. The van der Waals surface area contributed by atoms with Gasteiger partial charge in [0.2, 0.25) is 4.96 Å². The first-order valence-electron chi connectivity index (χ1n) is 7.59. The first-order valence-corrected chi connectivity index (χ1v) is 8.78. The molecular weight excluding hydrogens is 378 g/mol. The van der Waals surface area contributed by atoms with Gasteiger partial charge in [-0.05, 0) is 13.0 Å². The molecule has 7 nitrogen and oxygen atoms in total. The van der Waals surface area contributed by atoms with Crippen LogP contribution in [0.4, 0.5) is 0 Å². The first kappa shape index (κ1) is 18.2. The largest absolute Gasteiger partial charge is 0.503 e. The van der Waals surface area contributed by atoms with Crippen molar-refractivity contribution in [3.05, 3.63) is 51.7 Å². The molecular formula is C17H16ClN3O4S. The molecule has 0 saturated carbocycles. The fraction of sp³-hybridized carbons (Fsp3) is 0.235. The second-order valence-corrected chi connectivity index (χ2v) is 6.63. The number of aryl methyl sites for hydroxylation is 1. The number of esters is 1. The van der Waals surface area contributed by atoms with Gasteiger partial charge in [0.05, 0.1) is 31.1 Å². The van der Waals surface area contributed by atoms with Crippen LogP contribution in [0.5, 0.6) is 6.01 Å². The van der Waals surface area contributed by atoms with Gasteiger partial charge in [0.25, 0.3) is 0 Å². The lowest BCUT2D eigenvalue weighted by Crippen LogP contribution is -2.05. The van der Waals surface area contributed by atoms with Crippen LogP contribution < -0.4 is 4.74 Å². The Morgan fingerprint density at radius 2 is 2.12 bits per heavy atom. The predicted octanol–water partition coefficient (Wildman–Crippen LogP) is 3.49. The van der Waals surface area contributed by atoms with Crippen molar-refractivity contribution >= 4 is 39.4 Å². The standard InChI is InChI=1S/C17H16ClN3O4S/c1-10-14(12(9-23-2)15(22)24-3)26-17-19-16(20-21(10)17)25-8-11-6-4-5-7-13(11)18/h4-7,9H,8H2,1-3H3. The summed E-state index contributed by atoms with van der Waals surface area (Å²) in [6, 6.07) is 7.65. The van der Waals surface area contributed by atoms with Crippen LogP contribution in [-0.4, -0.2) is 34.8 Å². The van der Waals surface area contributed by atoms with Crippen molar-refractivity contribution in [3.8, 4) is 6.01 Å². The van der Waals surface area contributed by atoms with Crippen LogP contribution in [-0.2, 0) is 20.9 Å². The topological polar surface area (TPSA) is 75.0 Å². The Kier molecular flexibility index (Phi) is 5.43. The van der Waals surface area contributed by atoms with Gasteiger partial charge >= 0.3 is 12.0 Å². The molecule has 0 bridgehead atoms. The number of hydrogen-bond donors (Lipinski definition) is 0. The fourth-order valence-electron chi connectivity index (χ4n) is 2.32. The lowest BCUT2D eigenvalue weighted by molar-refractivity contribution is -0.133. The van der Waals surface area contributed by atoms with E-state index in [0.29, 0.717) is 20.4 Å². The summed E-state index contributed by atoms with van der Waals surface area (Å²) in [5.74, 6) is -0.491. The Bertz CT molecular complexity index is 980. The molecule has 2 heterocycles. The summed E-state index contributed by atoms with van der Waals surface area (Å²) in [4.78, 5) is 17.6. The highest BCUT2D eigenvalue weighted by atomic mass is 35.5. The lowest BCUT2D eigenvalue weighted by atomic mass is 10.2. The zero-order valence-electron chi connectivity index (χ0n) is 14.4. The van der Waals surface area contributed by atoms with Gasteiger partial charge in [-0.25, -0.2) is 9.31 Å². The molecule has 0 radical (unpaired) electrons. The van der Waals surface area contributed by atoms with Crippen LogP contribution in [0.1, 0.15) is 16.1 Å². The van der Waals surface area contributed by atoms with Gasteiger partial charge < -0.3 is 14.2 Å². The number of aromatic nitrogens is 3. The average molecular weight is 394 g/mol. The van der Waals surface area contributed by atoms with Gasteiger partial charge in [0.1, 0.15) is 12.2 Å². The third kappa shape index (κ3) is 3.51. The Labute approximate surface area is 158 Å². The van der Waals surface area contributed by atoms with Crippen molar-refractivity contribution in [2.75, 3.05) is 14.2 Å². The second-order valence-electron chi connectivity index (χ2n) is 5.24. The molecule has 26 heavy (non-hydrogen) atoms. The Morgan fingerprint density at radius 1 is 1.35 bits per heavy atom. The molecule has 0 unspecified atom stereocenters. The van der Waals surface area contributed by atoms with Crippen molar-refractivity contribution in [1.82, 2.24) is 14.6 Å². The molecule has 0 N–H and O–H groups in total. The summed E-state index contributed by atoms with van der Waals surface area (Å²) >= 11 is 7.41. The molecule has 9 heteroatoms. The van der Waals surface area contributed by atoms with E-state index in [1.54, 1.807) is 10.6 Å². The van der Waals surface area contributed by atoms with Crippen LogP contribution in [0.3, 0.4) is 0 Å². The van der Waals surface area contributed by atoms with E-state index in [4.69, 9.17) is 25.8 Å². The number of rotatable bonds is 6. The van der Waals surface area contributed by atoms with Crippen LogP contribution in [0.15, 0.2) is 30.5 Å². The van der Waals surface area contributed by atoms with Gasteiger partial charge in [-0.2, -0.15) is 4.98 Å². The van der Waals surface area contributed by atoms with Gasteiger partial charge in [-0.15, -0.1) is 5.10 Å². The summed E-state index contributed by atoms with van der Waals surface area (Å²) in [6.07, 6.45) is 1.35. The molecule has 3 rings (SSSR count). The van der Waals surface area contributed by atoms with E-state index in [-0.39, 0.29) is 12.6 Å². The van der Waals surface area contributed by atoms with Gasteiger partial charge in [0.15, 0.2) is 0 Å². The highest BCUT2D eigenvalue weighted by molar-refractivity contribution is 7.18. The monoisotopic (exact) mass is 393 g/mol. The number of benzene rings is 1. The highest BCUT2D eigenvalue weighted by Gasteiger charge is 2.22. The molecule has 2 aromatic heterocycles. The Balaban J connectivity index is 1.86. The molecule has 3 aromatic rings. The molecule has 0 aliphatic rings. The first-order chi connectivity index (χ1) is 12.5. The number of hydrogen-bond acceptors (Lipinski definition) is 7. The van der Waals surface area contributed by atoms with Crippen molar-refractivity contribution < 1.29 is 19.0 Å². The second kappa shape index (κ2) is 7.76. The SMILES string of the molecule is COC=C(C(=O)OC)c1sc2nc(OCc3ccccc3Cl)nn2c1C. The number of halogens is 1. The van der Waals surface area contributed by atoms with E-state index in [1.165, 1.54) is 31.8 Å². The number of nitrogens with zero attached hydrogens (tertiary/aromatic N) is 3.